The van der Waals surface area contributed by atoms with E-state index in [4.69, 9.17) is 4.42 Å². The van der Waals surface area contributed by atoms with Gasteiger partial charge in [-0.3, -0.25) is 4.79 Å². The number of hydrogen-bond acceptors (Lipinski definition) is 4. The Kier molecular flexibility index (Phi) is 4.76. The van der Waals surface area contributed by atoms with Gasteiger partial charge in [-0.15, -0.1) is 0 Å². The van der Waals surface area contributed by atoms with Gasteiger partial charge in [0, 0.05) is 13.1 Å². The Balaban J connectivity index is 1.71. The minimum atomic E-state index is 0.0869. The van der Waals surface area contributed by atoms with Crippen LogP contribution in [0.1, 0.15) is 28.9 Å². The number of amides is 1. The summed E-state index contributed by atoms with van der Waals surface area (Å²) in [5.74, 6) is 1.48. The molecule has 0 radical (unpaired) electrons. The summed E-state index contributed by atoms with van der Waals surface area (Å²) in [7, 11) is 1.98. The quantitative estimate of drug-likeness (QED) is 0.943. The van der Waals surface area contributed by atoms with Crippen molar-refractivity contribution in [3.8, 4) is 11.5 Å². The number of aromatic nitrogens is 1. The SMILES string of the molecule is CNCC1CCN(C(=O)c2ccc(-c3ccco3)nc2C)CC1. The molecule has 0 spiro atoms. The summed E-state index contributed by atoms with van der Waals surface area (Å²) in [5, 5.41) is 3.22. The van der Waals surface area contributed by atoms with Crippen molar-refractivity contribution in [3.63, 3.8) is 0 Å². The van der Waals surface area contributed by atoms with Crippen LogP contribution in [0.5, 0.6) is 0 Å². The molecule has 1 N–H and O–H groups in total. The van der Waals surface area contributed by atoms with Gasteiger partial charge in [-0.05, 0) is 63.5 Å². The van der Waals surface area contributed by atoms with Crippen LogP contribution in [-0.2, 0) is 0 Å². The maximum Gasteiger partial charge on any atom is 0.255 e. The summed E-state index contributed by atoms with van der Waals surface area (Å²) in [4.78, 5) is 19.2. The van der Waals surface area contributed by atoms with Crippen LogP contribution < -0.4 is 5.32 Å². The van der Waals surface area contributed by atoms with Gasteiger partial charge in [0.1, 0.15) is 5.69 Å². The van der Waals surface area contributed by atoms with Crippen LogP contribution >= 0.6 is 0 Å². The highest BCUT2D eigenvalue weighted by molar-refractivity contribution is 5.95. The first-order valence-electron chi connectivity index (χ1n) is 8.14. The number of furan rings is 1. The van der Waals surface area contributed by atoms with E-state index in [-0.39, 0.29) is 5.91 Å². The van der Waals surface area contributed by atoms with Gasteiger partial charge in [-0.2, -0.15) is 0 Å². The number of pyridine rings is 1. The zero-order chi connectivity index (χ0) is 16.2. The summed E-state index contributed by atoms with van der Waals surface area (Å²) >= 11 is 0. The van der Waals surface area contributed by atoms with E-state index in [1.165, 1.54) is 0 Å². The zero-order valence-corrected chi connectivity index (χ0v) is 13.7. The summed E-state index contributed by atoms with van der Waals surface area (Å²) < 4.78 is 5.36. The average molecular weight is 313 g/mol. The lowest BCUT2D eigenvalue weighted by Crippen LogP contribution is -2.40. The standard InChI is InChI=1S/C18H23N3O2/c1-13-15(5-6-16(20-13)17-4-3-11-23-17)18(22)21-9-7-14(8-10-21)12-19-2/h3-6,11,14,19H,7-10,12H2,1-2H3. The number of aryl methyl sites for hydroxylation is 1. The van der Waals surface area contributed by atoms with Crippen molar-refractivity contribution in [2.75, 3.05) is 26.7 Å². The van der Waals surface area contributed by atoms with Crippen molar-refractivity contribution in [3.05, 3.63) is 41.8 Å². The third kappa shape index (κ3) is 3.45. The van der Waals surface area contributed by atoms with E-state index in [1.807, 2.05) is 43.1 Å². The molecule has 0 saturated carbocycles. The highest BCUT2D eigenvalue weighted by atomic mass is 16.3. The predicted molar refractivity (Wildman–Crippen MR) is 89.2 cm³/mol. The van der Waals surface area contributed by atoms with Gasteiger partial charge in [-0.1, -0.05) is 0 Å². The maximum absolute atomic E-state index is 12.7. The molecular formula is C18H23N3O2. The molecule has 1 aliphatic rings. The molecule has 23 heavy (non-hydrogen) atoms. The molecule has 0 atom stereocenters. The largest absolute Gasteiger partial charge is 0.463 e. The minimum absolute atomic E-state index is 0.0869. The third-order valence-corrected chi connectivity index (χ3v) is 4.48. The van der Waals surface area contributed by atoms with E-state index in [1.54, 1.807) is 6.26 Å². The van der Waals surface area contributed by atoms with Crippen LogP contribution in [0, 0.1) is 12.8 Å². The molecule has 0 unspecified atom stereocenters. The lowest BCUT2D eigenvalue weighted by molar-refractivity contribution is 0.0689. The molecule has 3 heterocycles. The number of rotatable bonds is 4. The van der Waals surface area contributed by atoms with Crippen LogP contribution in [0.15, 0.2) is 34.9 Å². The van der Waals surface area contributed by atoms with Crippen molar-refractivity contribution in [1.29, 1.82) is 0 Å². The fourth-order valence-electron chi connectivity index (χ4n) is 3.15. The fourth-order valence-corrected chi connectivity index (χ4v) is 3.15. The number of likely N-dealkylation sites (tertiary alicyclic amines) is 1. The molecule has 5 nitrogen and oxygen atoms in total. The van der Waals surface area contributed by atoms with Gasteiger partial charge >= 0.3 is 0 Å². The van der Waals surface area contributed by atoms with Crippen LogP contribution in [-0.4, -0.2) is 42.5 Å². The lowest BCUT2D eigenvalue weighted by atomic mass is 9.96. The van der Waals surface area contributed by atoms with Crippen molar-refractivity contribution in [2.45, 2.75) is 19.8 Å². The van der Waals surface area contributed by atoms with E-state index in [2.05, 4.69) is 10.3 Å². The zero-order valence-electron chi connectivity index (χ0n) is 13.7. The Morgan fingerprint density at radius 1 is 1.35 bits per heavy atom. The van der Waals surface area contributed by atoms with Crippen molar-refractivity contribution in [1.82, 2.24) is 15.2 Å². The molecule has 2 aromatic heterocycles. The molecule has 1 saturated heterocycles. The Morgan fingerprint density at radius 3 is 2.74 bits per heavy atom. The van der Waals surface area contributed by atoms with E-state index in [0.717, 1.165) is 49.6 Å². The summed E-state index contributed by atoms with van der Waals surface area (Å²) in [6.45, 7) is 4.56. The molecule has 1 fully saturated rings. The number of carbonyl (C=O) groups excluding carboxylic acids is 1. The number of carbonyl (C=O) groups is 1. The molecule has 1 aliphatic heterocycles. The third-order valence-electron chi connectivity index (χ3n) is 4.48. The summed E-state index contributed by atoms with van der Waals surface area (Å²) in [5.41, 5.74) is 2.20. The molecule has 122 valence electrons. The van der Waals surface area contributed by atoms with Gasteiger partial charge in [0.2, 0.25) is 0 Å². The monoisotopic (exact) mass is 313 g/mol. The van der Waals surface area contributed by atoms with Crippen LogP contribution in [0.2, 0.25) is 0 Å². The Bertz CT molecular complexity index is 659. The molecule has 3 rings (SSSR count). The van der Waals surface area contributed by atoms with E-state index in [0.29, 0.717) is 11.5 Å². The van der Waals surface area contributed by atoms with Gasteiger partial charge in [0.25, 0.3) is 5.91 Å². The van der Waals surface area contributed by atoms with E-state index >= 15 is 0 Å². The van der Waals surface area contributed by atoms with Gasteiger partial charge in [0.05, 0.1) is 17.5 Å². The van der Waals surface area contributed by atoms with E-state index in [9.17, 15) is 4.79 Å². The second-order valence-corrected chi connectivity index (χ2v) is 6.10. The second kappa shape index (κ2) is 6.96. The molecule has 0 aliphatic carbocycles. The highest BCUT2D eigenvalue weighted by Crippen LogP contribution is 2.22. The molecule has 1 amide bonds. The highest BCUT2D eigenvalue weighted by Gasteiger charge is 2.24. The number of nitrogens with one attached hydrogen (secondary N) is 1. The number of piperidine rings is 1. The molecule has 2 aromatic rings. The van der Waals surface area contributed by atoms with Crippen LogP contribution in [0.25, 0.3) is 11.5 Å². The molecule has 0 aromatic carbocycles. The van der Waals surface area contributed by atoms with E-state index < -0.39 is 0 Å². The van der Waals surface area contributed by atoms with Crippen molar-refractivity contribution < 1.29 is 9.21 Å². The topological polar surface area (TPSA) is 58.4 Å². The average Bonchev–Trinajstić information content (AvgIpc) is 3.10. The Labute approximate surface area is 136 Å². The van der Waals surface area contributed by atoms with Gasteiger partial charge in [0.15, 0.2) is 5.76 Å². The Hall–Kier alpha value is -2.14. The first-order chi connectivity index (χ1) is 11.2. The van der Waals surface area contributed by atoms with Crippen molar-refractivity contribution in [2.24, 2.45) is 5.92 Å². The predicted octanol–water partition coefficient (Wildman–Crippen LogP) is 2.72. The maximum atomic E-state index is 12.7. The lowest BCUT2D eigenvalue weighted by Gasteiger charge is -2.32. The molecular weight excluding hydrogens is 290 g/mol. The fraction of sp³-hybridized carbons (Fsp3) is 0.444. The van der Waals surface area contributed by atoms with Gasteiger partial charge in [-0.25, -0.2) is 4.98 Å². The Morgan fingerprint density at radius 2 is 2.13 bits per heavy atom. The summed E-state index contributed by atoms with van der Waals surface area (Å²) in [6.07, 6.45) is 3.74. The molecule has 5 heteroatoms. The molecule has 0 bridgehead atoms. The summed E-state index contributed by atoms with van der Waals surface area (Å²) in [6, 6.07) is 7.42. The second-order valence-electron chi connectivity index (χ2n) is 6.10. The van der Waals surface area contributed by atoms with Crippen molar-refractivity contribution >= 4 is 5.91 Å². The smallest absolute Gasteiger partial charge is 0.255 e. The van der Waals surface area contributed by atoms with Crippen LogP contribution in [0.3, 0.4) is 0 Å². The minimum Gasteiger partial charge on any atom is -0.463 e. The number of nitrogens with zero attached hydrogens (tertiary/aromatic N) is 2. The van der Waals surface area contributed by atoms with Gasteiger partial charge < -0.3 is 14.6 Å². The van der Waals surface area contributed by atoms with Crippen LogP contribution in [0.4, 0.5) is 0 Å². The first-order valence-corrected chi connectivity index (χ1v) is 8.14. The number of hydrogen-bond donors (Lipinski definition) is 1. The normalized spacial score (nSPS) is 15.8. The first kappa shape index (κ1) is 15.7.